The number of carbonyl (C=O) groups is 1. The average Bonchev–Trinajstić information content (AvgIpc) is 2.87. The summed E-state index contributed by atoms with van der Waals surface area (Å²) < 4.78 is 2.40. The Morgan fingerprint density at radius 3 is 2.87 bits per heavy atom. The Bertz CT molecular complexity index is 847. The molecule has 3 fully saturated rings. The van der Waals surface area contributed by atoms with E-state index in [1.54, 1.807) is 0 Å². The number of allylic oxidation sites excluding steroid dienone is 1. The van der Waals surface area contributed by atoms with E-state index in [1.807, 2.05) is 0 Å². The molecule has 6 rings (SSSR count). The maximum absolute atomic E-state index is 11.8. The summed E-state index contributed by atoms with van der Waals surface area (Å²) >= 11 is 0. The fourth-order valence-electron chi connectivity index (χ4n) is 5.56. The maximum atomic E-state index is 11.8. The summed E-state index contributed by atoms with van der Waals surface area (Å²) in [5.41, 5.74) is 5.78. The van der Waals surface area contributed by atoms with Gasteiger partial charge in [-0.25, -0.2) is 0 Å². The summed E-state index contributed by atoms with van der Waals surface area (Å²) in [6, 6.07) is 9.59. The SMILES string of the molecule is CC=C1CN2C3CC1C(C=O)C2Cc1c3n(C)c2ccccc12. The van der Waals surface area contributed by atoms with Gasteiger partial charge in [-0.1, -0.05) is 29.8 Å². The molecule has 0 spiro atoms. The van der Waals surface area contributed by atoms with Gasteiger partial charge in [0.15, 0.2) is 0 Å². The van der Waals surface area contributed by atoms with Crippen molar-refractivity contribution in [2.45, 2.75) is 31.8 Å². The fourth-order valence-corrected chi connectivity index (χ4v) is 5.56. The van der Waals surface area contributed by atoms with Gasteiger partial charge >= 0.3 is 0 Å². The minimum atomic E-state index is 0.165. The Balaban J connectivity index is 1.74. The van der Waals surface area contributed by atoms with Gasteiger partial charge in [0.25, 0.3) is 0 Å². The Labute approximate surface area is 136 Å². The van der Waals surface area contributed by atoms with Crippen LogP contribution in [0, 0.1) is 11.8 Å². The highest BCUT2D eigenvalue weighted by atomic mass is 16.1. The summed E-state index contributed by atoms with van der Waals surface area (Å²) in [6.07, 6.45) is 5.59. The molecule has 0 radical (unpaired) electrons. The van der Waals surface area contributed by atoms with Crippen LogP contribution in [0.4, 0.5) is 0 Å². The van der Waals surface area contributed by atoms with E-state index in [9.17, 15) is 4.79 Å². The Morgan fingerprint density at radius 1 is 1.26 bits per heavy atom. The van der Waals surface area contributed by atoms with Crippen molar-refractivity contribution < 1.29 is 4.79 Å². The van der Waals surface area contributed by atoms with E-state index in [0.29, 0.717) is 18.0 Å². The molecule has 23 heavy (non-hydrogen) atoms. The molecular weight excluding hydrogens is 284 g/mol. The van der Waals surface area contributed by atoms with Gasteiger partial charge in [-0.05, 0) is 37.3 Å². The molecule has 3 heteroatoms. The second-order valence-electron chi connectivity index (χ2n) is 7.32. The van der Waals surface area contributed by atoms with E-state index in [-0.39, 0.29) is 5.92 Å². The van der Waals surface area contributed by atoms with Crippen LogP contribution in [0.1, 0.15) is 30.6 Å². The topological polar surface area (TPSA) is 25.2 Å². The number of nitrogens with zero attached hydrogens (tertiary/aromatic N) is 2. The smallest absolute Gasteiger partial charge is 0.125 e. The molecule has 4 bridgehead atoms. The Morgan fingerprint density at radius 2 is 2.09 bits per heavy atom. The Hall–Kier alpha value is -1.87. The molecule has 0 amide bonds. The summed E-state index contributed by atoms with van der Waals surface area (Å²) in [7, 11) is 2.21. The second kappa shape index (κ2) is 4.57. The third-order valence-corrected chi connectivity index (χ3v) is 6.57. The normalized spacial score (nSPS) is 36.4. The molecule has 118 valence electrons. The van der Waals surface area contributed by atoms with Crippen LogP contribution in [-0.2, 0) is 18.3 Å². The molecule has 0 saturated carbocycles. The van der Waals surface area contributed by atoms with Gasteiger partial charge in [-0.15, -0.1) is 0 Å². The second-order valence-corrected chi connectivity index (χ2v) is 7.32. The molecule has 2 aromatic rings. The largest absolute Gasteiger partial charge is 0.346 e. The summed E-state index contributed by atoms with van der Waals surface area (Å²) in [5.74, 6) is 0.613. The molecule has 5 unspecified atom stereocenters. The van der Waals surface area contributed by atoms with Gasteiger partial charge in [-0.3, -0.25) is 4.90 Å². The van der Waals surface area contributed by atoms with E-state index in [0.717, 1.165) is 19.4 Å². The predicted octanol–water partition coefficient (Wildman–Crippen LogP) is 3.24. The van der Waals surface area contributed by atoms with Crippen molar-refractivity contribution in [3.05, 3.63) is 47.2 Å². The van der Waals surface area contributed by atoms with Gasteiger partial charge < -0.3 is 9.36 Å². The van der Waals surface area contributed by atoms with Crippen LogP contribution in [0.3, 0.4) is 0 Å². The minimum absolute atomic E-state index is 0.165. The van der Waals surface area contributed by atoms with Gasteiger partial charge in [0.05, 0.1) is 6.04 Å². The molecule has 0 aliphatic carbocycles. The molecule has 1 aromatic heterocycles. The summed E-state index contributed by atoms with van der Waals surface area (Å²) in [5, 5.41) is 1.38. The number of para-hydroxylation sites is 1. The molecule has 5 atom stereocenters. The first-order valence-corrected chi connectivity index (χ1v) is 8.67. The van der Waals surface area contributed by atoms with Crippen molar-refractivity contribution in [2.24, 2.45) is 18.9 Å². The van der Waals surface area contributed by atoms with E-state index >= 15 is 0 Å². The highest BCUT2D eigenvalue weighted by Crippen LogP contribution is 2.54. The van der Waals surface area contributed by atoms with Gasteiger partial charge in [0.1, 0.15) is 6.29 Å². The first kappa shape index (κ1) is 13.6. The number of piperidine rings is 3. The van der Waals surface area contributed by atoms with E-state index in [4.69, 9.17) is 0 Å². The van der Waals surface area contributed by atoms with Crippen molar-refractivity contribution in [1.82, 2.24) is 9.47 Å². The molecule has 3 nitrogen and oxygen atoms in total. The number of aldehydes is 1. The zero-order valence-electron chi connectivity index (χ0n) is 13.7. The number of aryl methyl sites for hydroxylation is 1. The third kappa shape index (κ3) is 1.56. The van der Waals surface area contributed by atoms with E-state index in [2.05, 4.69) is 53.8 Å². The average molecular weight is 306 g/mol. The fraction of sp³-hybridized carbons (Fsp3) is 0.450. The molecule has 1 aromatic carbocycles. The molecule has 4 aliphatic heterocycles. The highest BCUT2D eigenvalue weighted by Gasteiger charge is 2.53. The highest BCUT2D eigenvalue weighted by molar-refractivity contribution is 5.86. The van der Waals surface area contributed by atoms with Crippen LogP contribution >= 0.6 is 0 Å². The van der Waals surface area contributed by atoms with Crippen LogP contribution in [0.5, 0.6) is 0 Å². The zero-order valence-corrected chi connectivity index (χ0v) is 13.7. The van der Waals surface area contributed by atoms with Crippen LogP contribution in [0.15, 0.2) is 35.9 Å². The van der Waals surface area contributed by atoms with Gasteiger partial charge in [-0.2, -0.15) is 0 Å². The number of carbonyl (C=O) groups excluding carboxylic acids is 1. The lowest BCUT2D eigenvalue weighted by Crippen LogP contribution is -2.60. The van der Waals surface area contributed by atoms with Crippen LogP contribution in [-0.4, -0.2) is 28.3 Å². The lowest BCUT2D eigenvalue weighted by molar-refractivity contribution is -0.121. The van der Waals surface area contributed by atoms with Gasteiger partial charge in [0.2, 0.25) is 0 Å². The van der Waals surface area contributed by atoms with Crippen molar-refractivity contribution in [1.29, 1.82) is 0 Å². The van der Waals surface area contributed by atoms with Crippen molar-refractivity contribution in [3.63, 3.8) is 0 Å². The number of aromatic nitrogens is 1. The molecular formula is C20H22N2O. The zero-order chi connectivity index (χ0) is 15.7. The van der Waals surface area contributed by atoms with Crippen LogP contribution in [0.25, 0.3) is 10.9 Å². The maximum Gasteiger partial charge on any atom is 0.125 e. The first-order chi connectivity index (χ1) is 11.2. The van der Waals surface area contributed by atoms with Crippen LogP contribution < -0.4 is 0 Å². The monoisotopic (exact) mass is 306 g/mol. The number of hydrogen-bond donors (Lipinski definition) is 0. The van der Waals surface area contributed by atoms with Crippen LogP contribution in [0.2, 0.25) is 0 Å². The van der Waals surface area contributed by atoms with Crippen molar-refractivity contribution in [2.75, 3.05) is 6.54 Å². The number of hydrogen-bond acceptors (Lipinski definition) is 2. The third-order valence-electron chi connectivity index (χ3n) is 6.57. The predicted molar refractivity (Wildman–Crippen MR) is 91.3 cm³/mol. The molecule has 4 aliphatic rings. The molecule has 5 heterocycles. The minimum Gasteiger partial charge on any atom is -0.346 e. The van der Waals surface area contributed by atoms with E-state index < -0.39 is 0 Å². The standard InChI is InChI=1S/C20H22N2O/c1-3-12-10-22-18-9-15-13-6-4-5-7-17(13)21(2)20(15)19(22)8-14(12)16(18)11-23/h3-7,11,14,16,18-19H,8-10H2,1-2H3. The number of fused-ring (bicyclic) bond motifs is 4. The molecule has 3 saturated heterocycles. The van der Waals surface area contributed by atoms with Gasteiger partial charge in [0, 0.05) is 42.1 Å². The lowest BCUT2D eigenvalue weighted by atomic mass is 9.64. The molecule has 0 N–H and O–H groups in total. The lowest BCUT2D eigenvalue weighted by Gasteiger charge is -2.57. The number of rotatable bonds is 1. The Kier molecular flexibility index (Phi) is 2.70. The summed E-state index contributed by atoms with van der Waals surface area (Å²) in [4.78, 5) is 14.4. The quantitative estimate of drug-likeness (QED) is 0.597. The van der Waals surface area contributed by atoms with E-state index in [1.165, 1.54) is 34.0 Å². The van der Waals surface area contributed by atoms with Crippen molar-refractivity contribution in [3.8, 4) is 0 Å². The summed E-state index contributed by atoms with van der Waals surface area (Å²) in [6.45, 7) is 3.17. The number of benzene rings is 1. The first-order valence-electron chi connectivity index (χ1n) is 8.67. The van der Waals surface area contributed by atoms with Crippen molar-refractivity contribution >= 4 is 17.2 Å².